The molecule has 0 radical (unpaired) electrons. The second-order valence-electron chi connectivity index (χ2n) is 3.54. The minimum atomic E-state index is -2.23. The molecular weight excluding hydrogens is 254 g/mol. The summed E-state index contributed by atoms with van der Waals surface area (Å²) in [5.41, 5.74) is -2.88. The van der Waals surface area contributed by atoms with Gasteiger partial charge in [0.2, 0.25) is 0 Å². The number of imide groups is 1. The van der Waals surface area contributed by atoms with Gasteiger partial charge in [-0.05, 0) is 0 Å². The van der Waals surface area contributed by atoms with E-state index >= 15 is 0 Å². The number of carbonyl (C=O) groups is 3. The summed E-state index contributed by atoms with van der Waals surface area (Å²) in [4.78, 5) is 39.5. The molecule has 0 spiro atoms. The van der Waals surface area contributed by atoms with Crippen molar-refractivity contribution >= 4 is 23.7 Å². The number of carbonyl (C=O) groups excluding carboxylic acids is 3. The minimum absolute atomic E-state index is 0.0596. The fourth-order valence-corrected chi connectivity index (χ4v) is 1.81. The zero-order valence-corrected chi connectivity index (χ0v) is 9.36. The van der Waals surface area contributed by atoms with Crippen LogP contribution in [0.5, 0.6) is 0 Å². The predicted octanol–water partition coefficient (Wildman–Crippen LogP) is -1.06. The van der Waals surface area contributed by atoms with Crippen molar-refractivity contribution in [2.75, 3.05) is 7.05 Å². The molecule has 19 heavy (non-hydrogen) atoms. The number of nitriles is 3. The van der Waals surface area contributed by atoms with E-state index in [4.69, 9.17) is 10.5 Å². The molecule has 2 aliphatic heterocycles. The van der Waals surface area contributed by atoms with Crippen molar-refractivity contribution in [2.45, 2.75) is 5.66 Å². The van der Waals surface area contributed by atoms with Gasteiger partial charge < -0.3 is 0 Å². The summed E-state index contributed by atoms with van der Waals surface area (Å²) in [6.45, 7) is 0. The van der Waals surface area contributed by atoms with Crippen molar-refractivity contribution in [3.63, 3.8) is 0 Å². The van der Waals surface area contributed by atoms with Crippen LogP contribution < -0.4 is 0 Å². The van der Waals surface area contributed by atoms with E-state index in [0.717, 1.165) is 7.05 Å². The van der Waals surface area contributed by atoms with Crippen molar-refractivity contribution in [3.05, 3.63) is 0 Å². The Morgan fingerprint density at radius 1 is 1.16 bits per heavy atom. The van der Waals surface area contributed by atoms with Gasteiger partial charge in [-0.15, -0.1) is 0 Å². The van der Waals surface area contributed by atoms with Crippen LogP contribution in [0.15, 0.2) is 4.99 Å². The maximum Gasteiger partial charge on any atom is 0.357 e. The molecular formula is C9H3N7O3. The highest BCUT2D eigenvalue weighted by Gasteiger charge is 2.63. The lowest BCUT2D eigenvalue weighted by Gasteiger charge is -2.39. The van der Waals surface area contributed by atoms with Crippen LogP contribution in [0.4, 0.5) is 9.59 Å². The van der Waals surface area contributed by atoms with Crippen molar-refractivity contribution in [1.29, 1.82) is 15.8 Å². The number of hydrogen-bond acceptors (Lipinski definition) is 6. The zero-order chi connectivity index (χ0) is 14.4. The first kappa shape index (κ1) is 12.0. The number of fused-ring (bicyclic) bond motifs is 1. The number of nitrogens with zero attached hydrogens (tertiary/aromatic N) is 7. The lowest BCUT2D eigenvalue weighted by Crippen LogP contribution is -2.70. The molecule has 2 heterocycles. The Balaban J connectivity index is 2.76. The fourth-order valence-electron chi connectivity index (χ4n) is 1.81. The van der Waals surface area contributed by atoms with Gasteiger partial charge in [0.25, 0.3) is 11.6 Å². The summed E-state index contributed by atoms with van der Waals surface area (Å²) >= 11 is 0. The molecule has 10 heteroatoms. The van der Waals surface area contributed by atoms with Crippen molar-refractivity contribution in [3.8, 4) is 18.5 Å². The van der Waals surface area contributed by atoms with E-state index in [1.165, 1.54) is 12.4 Å². The van der Waals surface area contributed by atoms with E-state index in [9.17, 15) is 19.6 Å². The summed E-state index contributed by atoms with van der Waals surface area (Å²) in [7, 11) is 1.12. The van der Waals surface area contributed by atoms with E-state index in [2.05, 4.69) is 4.99 Å². The standard InChI is InChI=1S/C9H3N7O3/c1-14-7(18)13-5-6(17)15(3-11)8(19)16(4-12)9(5,14)2-10/h1H3. The van der Waals surface area contributed by atoms with Crippen LogP contribution >= 0.6 is 0 Å². The molecule has 0 saturated carbocycles. The Bertz CT molecular complexity index is 675. The van der Waals surface area contributed by atoms with E-state index in [1.807, 2.05) is 0 Å². The number of aliphatic imine (C=N–C) groups is 1. The van der Waals surface area contributed by atoms with Crippen molar-refractivity contribution in [1.82, 2.24) is 14.7 Å². The minimum Gasteiger partial charge on any atom is -0.284 e. The molecule has 1 saturated heterocycles. The lowest BCUT2D eigenvalue weighted by molar-refractivity contribution is -0.121. The molecule has 0 aromatic heterocycles. The quantitative estimate of drug-likeness (QED) is 0.505. The molecule has 92 valence electrons. The van der Waals surface area contributed by atoms with Gasteiger partial charge in [0.1, 0.15) is 6.07 Å². The third kappa shape index (κ3) is 1.10. The molecule has 1 unspecified atom stereocenters. The second-order valence-corrected chi connectivity index (χ2v) is 3.54. The number of hydrogen-bond donors (Lipinski definition) is 0. The lowest BCUT2D eigenvalue weighted by atomic mass is 10.00. The van der Waals surface area contributed by atoms with Crippen molar-refractivity contribution in [2.24, 2.45) is 4.99 Å². The Labute approximate surface area is 105 Å². The monoisotopic (exact) mass is 257 g/mol. The van der Waals surface area contributed by atoms with Gasteiger partial charge in [-0.25, -0.2) is 9.59 Å². The molecule has 10 nitrogen and oxygen atoms in total. The second kappa shape index (κ2) is 3.52. The maximum absolute atomic E-state index is 11.9. The van der Waals surface area contributed by atoms with Gasteiger partial charge in [0.05, 0.1) is 0 Å². The average Bonchev–Trinajstić information content (AvgIpc) is 2.65. The van der Waals surface area contributed by atoms with Gasteiger partial charge >= 0.3 is 12.1 Å². The van der Waals surface area contributed by atoms with Crippen LogP contribution in [0.25, 0.3) is 0 Å². The molecule has 2 aliphatic rings. The summed E-state index contributed by atoms with van der Waals surface area (Å²) in [5, 5.41) is 26.9. The Morgan fingerprint density at radius 3 is 2.26 bits per heavy atom. The molecule has 0 aromatic carbocycles. The van der Waals surface area contributed by atoms with Gasteiger partial charge in [-0.2, -0.15) is 30.6 Å². The molecule has 0 aromatic rings. The summed E-state index contributed by atoms with van der Waals surface area (Å²) in [5.74, 6) is -1.20. The molecule has 0 N–H and O–H groups in total. The van der Waals surface area contributed by atoms with Gasteiger partial charge in [-0.1, -0.05) is 0 Å². The van der Waals surface area contributed by atoms with Crippen LogP contribution in [-0.2, 0) is 4.79 Å². The Hall–Kier alpha value is -3.45. The molecule has 5 amide bonds. The van der Waals surface area contributed by atoms with E-state index in [-0.39, 0.29) is 9.80 Å². The SMILES string of the molecule is CN1C(=O)N=C2C(=O)N(C#N)C(=O)N(C#N)C21C#N. The van der Waals surface area contributed by atoms with Crippen LogP contribution in [-0.4, -0.2) is 51.1 Å². The van der Waals surface area contributed by atoms with E-state index < -0.39 is 29.3 Å². The normalized spacial score (nSPS) is 25.5. The fraction of sp³-hybridized carbons (Fsp3) is 0.222. The van der Waals surface area contributed by atoms with Gasteiger partial charge in [0.15, 0.2) is 18.1 Å². The van der Waals surface area contributed by atoms with E-state index in [1.54, 1.807) is 6.07 Å². The van der Waals surface area contributed by atoms with Crippen LogP contribution in [0, 0.1) is 34.2 Å². The molecule has 0 aliphatic carbocycles. The highest BCUT2D eigenvalue weighted by atomic mass is 16.2. The molecule has 2 rings (SSSR count). The van der Waals surface area contributed by atoms with Crippen LogP contribution in [0.3, 0.4) is 0 Å². The van der Waals surface area contributed by atoms with Gasteiger partial charge in [-0.3, -0.25) is 9.69 Å². The number of amides is 5. The topological polar surface area (TPSA) is 145 Å². The summed E-state index contributed by atoms with van der Waals surface area (Å²) in [6, 6.07) is -0.703. The zero-order valence-electron chi connectivity index (χ0n) is 9.36. The first-order valence-corrected chi connectivity index (χ1v) is 4.72. The van der Waals surface area contributed by atoms with Crippen molar-refractivity contribution < 1.29 is 14.4 Å². The van der Waals surface area contributed by atoms with E-state index in [0.29, 0.717) is 4.90 Å². The Kier molecular flexibility index (Phi) is 2.23. The third-order valence-corrected chi connectivity index (χ3v) is 2.78. The number of urea groups is 2. The summed E-state index contributed by atoms with van der Waals surface area (Å²) in [6.07, 6.45) is 2.67. The maximum atomic E-state index is 11.9. The predicted molar refractivity (Wildman–Crippen MR) is 54.2 cm³/mol. The largest absolute Gasteiger partial charge is 0.357 e. The first-order chi connectivity index (χ1) is 8.95. The molecule has 1 atom stereocenters. The van der Waals surface area contributed by atoms with Crippen LogP contribution in [0.1, 0.15) is 0 Å². The average molecular weight is 257 g/mol. The smallest absolute Gasteiger partial charge is 0.284 e. The van der Waals surface area contributed by atoms with Crippen LogP contribution in [0.2, 0.25) is 0 Å². The highest BCUT2D eigenvalue weighted by molar-refractivity contribution is 6.50. The Morgan fingerprint density at radius 2 is 1.79 bits per heavy atom. The molecule has 0 bridgehead atoms. The number of rotatable bonds is 0. The van der Waals surface area contributed by atoms with Gasteiger partial charge in [0, 0.05) is 7.05 Å². The summed E-state index contributed by atoms with van der Waals surface area (Å²) < 4.78 is 0. The third-order valence-electron chi connectivity index (χ3n) is 2.78. The first-order valence-electron chi connectivity index (χ1n) is 4.72. The molecule has 1 fully saturated rings. The highest BCUT2D eigenvalue weighted by Crippen LogP contribution is 2.32.